The van der Waals surface area contributed by atoms with Crippen molar-refractivity contribution in [3.8, 4) is 0 Å². The second-order valence-electron chi connectivity index (χ2n) is 2.40. The van der Waals surface area contributed by atoms with E-state index in [-0.39, 0.29) is 0 Å². The number of hydrogen-bond donors (Lipinski definition) is 1. The summed E-state index contributed by atoms with van der Waals surface area (Å²) in [5.41, 5.74) is 2.42. The van der Waals surface area contributed by atoms with Gasteiger partial charge in [-0.25, -0.2) is 0 Å². The van der Waals surface area contributed by atoms with Crippen molar-refractivity contribution in [3.05, 3.63) is 36.5 Å². The smallest absolute Gasteiger partial charge is 0.0207 e. The van der Waals surface area contributed by atoms with Gasteiger partial charge in [0.2, 0.25) is 0 Å². The quantitative estimate of drug-likeness (QED) is 0.594. The van der Waals surface area contributed by atoms with Crippen LogP contribution in [0.3, 0.4) is 0 Å². The highest BCUT2D eigenvalue weighted by Gasteiger charge is 1.92. The number of likely N-dealkylation sites (N-methyl/N-ethyl adjacent to an activating group) is 1. The van der Waals surface area contributed by atoms with Crippen LogP contribution in [0.5, 0.6) is 0 Å². The van der Waals surface area contributed by atoms with E-state index in [0.29, 0.717) is 0 Å². The average Bonchev–Trinajstić information content (AvgIpc) is 2.05. The summed E-state index contributed by atoms with van der Waals surface area (Å²) in [7, 11) is 0. The van der Waals surface area contributed by atoms with Crippen LogP contribution in [0.4, 0.5) is 0 Å². The Morgan fingerprint density at radius 3 is 2.36 bits per heavy atom. The number of allylic oxidation sites excluding steroid dienone is 2. The van der Waals surface area contributed by atoms with Gasteiger partial charge in [0.1, 0.15) is 0 Å². The first kappa shape index (κ1) is 10.2. The Labute approximate surface area is 69.5 Å². The Kier molecular flexibility index (Phi) is 5.49. The number of hydrogen-bond acceptors (Lipinski definition) is 1. The number of nitrogens with one attached hydrogen (secondary N) is 1. The lowest BCUT2D eigenvalue weighted by atomic mass is 10.1. The van der Waals surface area contributed by atoms with Crippen molar-refractivity contribution in [2.75, 3.05) is 13.1 Å². The molecule has 0 aliphatic carbocycles. The van der Waals surface area contributed by atoms with Crippen LogP contribution in [-0.2, 0) is 0 Å². The van der Waals surface area contributed by atoms with E-state index in [4.69, 9.17) is 0 Å². The maximum Gasteiger partial charge on any atom is 0.0207 e. The molecule has 1 nitrogen and oxygen atoms in total. The van der Waals surface area contributed by atoms with Crippen LogP contribution in [0.25, 0.3) is 0 Å². The lowest BCUT2D eigenvalue weighted by molar-refractivity contribution is 0.782. The summed E-state index contributed by atoms with van der Waals surface area (Å²) < 4.78 is 0. The molecule has 0 fully saturated rings. The first-order chi connectivity index (χ1) is 5.26. The average molecular weight is 151 g/mol. The van der Waals surface area contributed by atoms with Crippen LogP contribution in [0.1, 0.15) is 13.8 Å². The van der Waals surface area contributed by atoms with Crippen LogP contribution in [0, 0.1) is 0 Å². The minimum atomic E-state index is 0.887. The van der Waals surface area contributed by atoms with Gasteiger partial charge in [-0.1, -0.05) is 32.2 Å². The van der Waals surface area contributed by atoms with E-state index in [9.17, 15) is 0 Å². The van der Waals surface area contributed by atoms with E-state index in [1.54, 1.807) is 0 Å². The Morgan fingerprint density at radius 2 is 2.00 bits per heavy atom. The molecule has 0 heterocycles. The highest BCUT2D eigenvalue weighted by atomic mass is 14.8. The van der Waals surface area contributed by atoms with Crippen LogP contribution in [-0.4, -0.2) is 13.1 Å². The Morgan fingerprint density at radius 1 is 1.36 bits per heavy atom. The molecular formula is C10H17N. The molecule has 11 heavy (non-hydrogen) atoms. The summed E-state index contributed by atoms with van der Waals surface area (Å²) in [6.07, 6.45) is 3.73. The standard InChI is InChI=1S/C10H17N/c1-5-9(4)10(6-2)8-11-7-3/h5-6,11H,1-2,7-8H2,3-4H3/b10-9+. The van der Waals surface area contributed by atoms with Crippen molar-refractivity contribution in [1.82, 2.24) is 5.32 Å². The molecule has 0 amide bonds. The van der Waals surface area contributed by atoms with E-state index in [0.717, 1.165) is 13.1 Å². The predicted molar refractivity (Wildman–Crippen MR) is 51.6 cm³/mol. The third-order valence-corrected chi connectivity index (χ3v) is 1.62. The summed E-state index contributed by atoms with van der Waals surface area (Å²) in [5, 5.41) is 3.24. The highest BCUT2D eigenvalue weighted by Crippen LogP contribution is 2.04. The van der Waals surface area contributed by atoms with E-state index >= 15 is 0 Å². The van der Waals surface area contributed by atoms with Gasteiger partial charge in [-0.15, -0.1) is 0 Å². The fourth-order valence-corrected chi connectivity index (χ4v) is 0.763. The molecule has 0 radical (unpaired) electrons. The Balaban J connectivity index is 4.14. The van der Waals surface area contributed by atoms with Gasteiger partial charge in [-0.05, 0) is 24.6 Å². The summed E-state index contributed by atoms with van der Waals surface area (Å²) in [4.78, 5) is 0. The zero-order valence-electron chi connectivity index (χ0n) is 7.48. The molecule has 0 aromatic carbocycles. The van der Waals surface area contributed by atoms with Crippen molar-refractivity contribution in [1.29, 1.82) is 0 Å². The van der Waals surface area contributed by atoms with Crippen molar-refractivity contribution in [2.45, 2.75) is 13.8 Å². The molecule has 0 spiro atoms. The van der Waals surface area contributed by atoms with Crippen LogP contribution < -0.4 is 5.32 Å². The topological polar surface area (TPSA) is 12.0 Å². The predicted octanol–water partition coefficient (Wildman–Crippen LogP) is 2.28. The minimum Gasteiger partial charge on any atom is -0.313 e. The molecule has 0 unspecified atom stereocenters. The van der Waals surface area contributed by atoms with Crippen LogP contribution in [0.15, 0.2) is 36.5 Å². The summed E-state index contributed by atoms with van der Waals surface area (Å²) >= 11 is 0. The van der Waals surface area contributed by atoms with Gasteiger partial charge in [0.25, 0.3) is 0 Å². The van der Waals surface area contributed by atoms with Gasteiger partial charge in [0.05, 0.1) is 0 Å². The molecule has 0 bridgehead atoms. The fraction of sp³-hybridized carbons (Fsp3) is 0.400. The minimum absolute atomic E-state index is 0.887. The monoisotopic (exact) mass is 151 g/mol. The van der Waals surface area contributed by atoms with E-state index in [1.165, 1.54) is 11.1 Å². The molecule has 1 heteroatoms. The van der Waals surface area contributed by atoms with Gasteiger partial charge >= 0.3 is 0 Å². The lowest BCUT2D eigenvalue weighted by Crippen LogP contribution is -2.15. The molecule has 0 rings (SSSR count). The summed E-state index contributed by atoms with van der Waals surface area (Å²) in [6.45, 7) is 13.4. The van der Waals surface area contributed by atoms with Crippen molar-refractivity contribution < 1.29 is 0 Å². The van der Waals surface area contributed by atoms with Gasteiger partial charge in [0.15, 0.2) is 0 Å². The Bertz CT molecular complexity index is 166. The highest BCUT2D eigenvalue weighted by molar-refractivity contribution is 5.30. The summed E-state index contributed by atoms with van der Waals surface area (Å²) in [6, 6.07) is 0. The first-order valence-corrected chi connectivity index (χ1v) is 3.91. The zero-order chi connectivity index (χ0) is 8.69. The molecular weight excluding hydrogens is 134 g/mol. The van der Waals surface area contributed by atoms with Gasteiger partial charge in [-0.2, -0.15) is 0 Å². The maximum atomic E-state index is 3.74. The van der Waals surface area contributed by atoms with Gasteiger partial charge in [0, 0.05) is 6.54 Å². The molecule has 0 saturated heterocycles. The SMILES string of the molecule is C=C/C(C)=C(\C=C)CNCC. The molecule has 1 N–H and O–H groups in total. The molecule has 0 aliphatic rings. The Hall–Kier alpha value is -0.820. The van der Waals surface area contributed by atoms with Gasteiger partial charge < -0.3 is 5.32 Å². The van der Waals surface area contributed by atoms with E-state index in [1.807, 2.05) is 19.1 Å². The fourth-order valence-electron chi connectivity index (χ4n) is 0.763. The summed E-state index contributed by atoms with van der Waals surface area (Å²) in [5.74, 6) is 0. The van der Waals surface area contributed by atoms with Crippen LogP contribution in [0.2, 0.25) is 0 Å². The first-order valence-electron chi connectivity index (χ1n) is 3.91. The molecule has 0 saturated carbocycles. The van der Waals surface area contributed by atoms with Crippen LogP contribution >= 0.6 is 0 Å². The largest absolute Gasteiger partial charge is 0.313 e. The molecule has 0 aromatic rings. The normalized spacial score (nSPS) is 12.2. The van der Waals surface area contributed by atoms with Crippen molar-refractivity contribution >= 4 is 0 Å². The van der Waals surface area contributed by atoms with Crippen molar-refractivity contribution in [2.24, 2.45) is 0 Å². The third-order valence-electron chi connectivity index (χ3n) is 1.62. The van der Waals surface area contributed by atoms with E-state index < -0.39 is 0 Å². The molecule has 0 aromatic heterocycles. The molecule has 0 atom stereocenters. The van der Waals surface area contributed by atoms with E-state index in [2.05, 4.69) is 25.4 Å². The molecule has 62 valence electrons. The lowest BCUT2D eigenvalue weighted by Gasteiger charge is -2.04. The van der Waals surface area contributed by atoms with Gasteiger partial charge in [-0.3, -0.25) is 0 Å². The molecule has 0 aliphatic heterocycles. The van der Waals surface area contributed by atoms with Crippen molar-refractivity contribution in [3.63, 3.8) is 0 Å². The second-order valence-corrected chi connectivity index (χ2v) is 2.40. The maximum absolute atomic E-state index is 3.74. The number of rotatable bonds is 5. The third kappa shape index (κ3) is 3.79. The zero-order valence-corrected chi connectivity index (χ0v) is 7.48. The second kappa shape index (κ2) is 5.93.